The van der Waals surface area contributed by atoms with Gasteiger partial charge in [0.25, 0.3) is 5.91 Å². The number of nitrogens with zero attached hydrogens (tertiary/aromatic N) is 1. The van der Waals surface area contributed by atoms with Crippen molar-refractivity contribution >= 4 is 28.6 Å². The minimum Gasteiger partial charge on any atom is -0.305 e. The van der Waals surface area contributed by atoms with Crippen molar-refractivity contribution in [3.8, 4) is 0 Å². The molecule has 0 bridgehead atoms. The maximum Gasteiger partial charge on any atom is 0.275 e. The van der Waals surface area contributed by atoms with Crippen LogP contribution in [0.25, 0.3) is 16.8 Å². The number of nitrogens with one attached hydrogen (secondary N) is 1. The van der Waals surface area contributed by atoms with Gasteiger partial charge in [-0.25, -0.2) is 4.99 Å². The largest absolute Gasteiger partial charge is 0.305 e. The highest BCUT2D eigenvalue weighted by atomic mass is 16.2. The predicted molar refractivity (Wildman–Crippen MR) is 97.8 cm³/mol. The summed E-state index contributed by atoms with van der Waals surface area (Å²) in [6, 6.07) is 22.1. The van der Waals surface area contributed by atoms with Gasteiger partial charge in [-0.1, -0.05) is 72.3 Å². The Labute approximate surface area is 140 Å². The molecule has 4 rings (SSSR count). The van der Waals surface area contributed by atoms with Crippen LogP contribution in [0.15, 0.2) is 77.4 Å². The smallest absolute Gasteiger partial charge is 0.275 e. The molecule has 0 fully saturated rings. The molecule has 0 radical (unpaired) electrons. The van der Waals surface area contributed by atoms with Gasteiger partial charge in [-0.15, -0.1) is 0 Å². The quantitative estimate of drug-likeness (QED) is 0.712. The zero-order chi connectivity index (χ0) is 16.5. The van der Waals surface area contributed by atoms with Crippen LogP contribution in [0.1, 0.15) is 16.7 Å². The lowest BCUT2D eigenvalue weighted by Crippen LogP contribution is -2.24. The van der Waals surface area contributed by atoms with E-state index in [4.69, 9.17) is 0 Å². The van der Waals surface area contributed by atoms with E-state index in [1.807, 2.05) is 61.5 Å². The molecule has 3 aromatic carbocycles. The number of carbonyl (C=O) groups is 1. The van der Waals surface area contributed by atoms with Crippen LogP contribution in [-0.2, 0) is 4.79 Å². The van der Waals surface area contributed by atoms with E-state index in [2.05, 4.69) is 28.5 Å². The highest BCUT2D eigenvalue weighted by Gasteiger charge is 2.21. The molecule has 0 saturated heterocycles. The third kappa shape index (κ3) is 2.61. The molecule has 1 aliphatic rings. The summed E-state index contributed by atoms with van der Waals surface area (Å²) in [7, 11) is 0. The summed E-state index contributed by atoms with van der Waals surface area (Å²) in [5.41, 5.74) is 3.51. The summed E-state index contributed by atoms with van der Waals surface area (Å²) < 4.78 is 0. The summed E-state index contributed by atoms with van der Waals surface area (Å²) in [4.78, 5) is 16.8. The van der Waals surface area contributed by atoms with Gasteiger partial charge >= 0.3 is 0 Å². The molecule has 24 heavy (non-hydrogen) atoms. The molecular weight excluding hydrogens is 296 g/mol. The van der Waals surface area contributed by atoms with E-state index in [9.17, 15) is 4.79 Å². The molecule has 0 spiro atoms. The summed E-state index contributed by atoms with van der Waals surface area (Å²) in [6.45, 7) is 2.03. The van der Waals surface area contributed by atoms with Crippen LogP contribution >= 0.6 is 0 Å². The topological polar surface area (TPSA) is 41.5 Å². The molecule has 3 aromatic rings. The van der Waals surface area contributed by atoms with E-state index >= 15 is 0 Å². The lowest BCUT2D eigenvalue weighted by molar-refractivity contribution is -0.115. The van der Waals surface area contributed by atoms with E-state index in [0.717, 1.165) is 21.9 Å². The normalized spacial score (nSPS) is 15.6. The third-order valence-corrected chi connectivity index (χ3v) is 4.14. The van der Waals surface area contributed by atoms with Gasteiger partial charge in [0, 0.05) is 5.56 Å². The number of amidine groups is 1. The summed E-state index contributed by atoms with van der Waals surface area (Å²) >= 11 is 0. The first-order valence-electron chi connectivity index (χ1n) is 7.87. The Morgan fingerprint density at radius 1 is 0.917 bits per heavy atom. The van der Waals surface area contributed by atoms with Crippen LogP contribution in [0.5, 0.6) is 0 Å². The van der Waals surface area contributed by atoms with Crippen molar-refractivity contribution in [2.45, 2.75) is 6.92 Å². The molecule has 1 N–H and O–H groups in total. The van der Waals surface area contributed by atoms with Crippen LogP contribution in [0.2, 0.25) is 0 Å². The Hall–Kier alpha value is -3.20. The summed E-state index contributed by atoms with van der Waals surface area (Å²) in [5, 5.41) is 5.11. The molecule has 3 heteroatoms. The Bertz CT molecular complexity index is 993. The van der Waals surface area contributed by atoms with Crippen molar-refractivity contribution in [1.29, 1.82) is 0 Å². The molecular formula is C21H16N2O. The molecule has 1 amide bonds. The minimum absolute atomic E-state index is 0.168. The number of carbonyl (C=O) groups excluding carboxylic acids is 1. The first-order chi connectivity index (χ1) is 11.7. The lowest BCUT2D eigenvalue weighted by Gasteiger charge is -2.02. The van der Waals surface area contributed by atoms with Gasteiger partial charge in [0.15, 0.2) is 0 Å². The van der Waals surface area contributed by atoms with Gasteiger partial charge in [-0.3, -0.25) is 4.79 Å². The number of fused-ring (bicyclic) bond motifs is 1. The number of hydrogen-bond donors (Lipinski definition) is 1. The molecule has 0 aliphatic carbocycles. The van der Waals surface area contributed by atoms with Crippen LogP contribution in [0, 0.1) is 6.92 Å². The average molecular weight is 312 g/mol. The zero-order valence-corrected chi connectivity index (χ0v) is 13.3. The van der Waals surface area contributed by atoms with Crippen molar-refractivity contribution in [2.24, 2.45) is 4.99 Å². The molecule has 1 heterocycles. The van der Waals surface area contributed by atoms with Gasteiger partial charge in [0.05, 0.1) is 0 Å². The van der Waals surface area contributed by atoms with E-state index in [0.29, 0.717) is 11.5 Å². The van der Waals surface area contributed by atoms with Crippen molar-refractivity contribution < 1.29 is 4.79 Å². The molecule has 1 aliphatic heterocycles. The van der Waals surface area contributed by atoms with Crippen LogP contribution in [0.3, 0.4) is 0 Å². The number of aryl methyl sites for hydroxylation is 1. The van der Waals surface area contributed by atoms with Crippen molar-refractivity contribution in [3.63, 3.8) is 0 Å². The van der Waals surface area contributed by atoms with E-state index < -0.39 is 0 Å². The van der Waals surface area contributed by atoms with Gasteiger partial charge in [0.2, 0.25) is 0 Å². The molecule has 0 saturated carbocycles. The fourth-order valence-corrected chi connectivity index (χ4v) is 2.84. The monoisotopic (exact) mass is 312 g/mol. The standard InChI is InChI=1S/C21H16N2O/c1-14-9-11-16(12-10-14)20-22-19(21(24)23-20)13-17-7-4-6-15-5-2-3-8-18(15)17/h2-13H,1H3,(H,22,23,24)/b19-13-. The third-order valence-electron chi connectivity index (χ3n) is 4.14. The number of hydrogen-bond acceptors (Lipinski definition) is 2. The second kappa shape index (κ2) is 5.78. The Kier molecular flexibility index (Phi) is 3.47. The van der Waals surface area contributed by atoms with Gasteiger partial charge in [0.1, 0.15) is 11.5 Å². The van der Waals surface area contributed by atoms with E-state index in [1.54, 1.807) is 0 Å². The molecule has 116 valence electrons. The lowest BCUT2D eigenvalue weighted by atomic mass is 10.0. The molecule has 0 unspecified atom stereocenters. The van der Waals surface area contributed by atoms with Gasteiger partial charge in [-0.05, 0) is 29.3 Å². The first kappa shape index (κ1) is 14.4. The van der Waals surface area contributed by atoms with E-state index in [1.165, 1.54) is 5.56 Å². The number of amides is 1. The summed E-state index contributed by atoms with van der Waals surface area (Å²) in [5.74, 6) is 0.435. The number of rotatable bonds is 2. The molecule has 3 nitrogen and oxygen atoms in total. The van der Waals surface area contributed by atoms with Crippen LogP contribution in [0.4, 0.5) is 0 Å². The fourth-order valence-electron chi connectivity index (χ4n) is 2.84. The fraction of sp³-hybridized carbons (Fsp3) is 0.0476. The predicted octanol–water partition coefficient (Wildman–Crippen LogP) is 4.07. The van der Waals surface area contributed by atoms with Gasteiger partial charge in [-0.2, -0.15) is 0 Å². The van der Waals surface area contributed by atoms with Crippen molar-refractivity contribution in [1.82, 2.24) is 5.32 Å². The van der Waals surface area contributed by atoms with E-state index in [-0.39, 0.29) is 5.91 Å². The molecule has 0 aromatic heterocycles. The van der Waals surface area contributed by atoms with Crippen molar-refractivity contribution in [2.75, 3.05) is 0 Å². The van der Waals surface area contributed by atoms with Crippen LogP contribution in [-0.4, -0.2) is 11.7 Å². The molecule has 0 atom stereocenters. The Balaban J connectivity index is 1.76. The first-order valence-corrected chi connectivity index (χ1v) is 7.87. The Morgan fingerprint density at radius 3 is 2.50 bits per heavy atom. The second-order valence-electron chi connectivity index (χ2n) is 5.88. The highest BCUT2D eigenvalue weighted by molar-refractivity contribution is 6.20. The van der Waals surface area contributed by atoms with Crippen LogP contribution < -0.4 is 5.32 Å². The minimum atomic E-state index is -0.168. The Morgan fingerprint density at radius 2 is 1.67 bits per heavy atom. The maximum absolute atomic E-state index is 12.3. The highest BCUT2D eigenvalue weighted by Crippen LogP contribution is 2.22. The second-order valence-corrected chi connectivity index (χ2v) is 5.88. The number of aliphatic imine (C=N–C) groups is 1. The number of benzene rings is 3. The van der Waals surface area contributed by atoms with Gasteiger partial charge < -0.3 is 5.32 Å². The zero-order valence-electron chi connectivity index (χ0n) is 13.3. The maximum atomic E-state index is 12.3. The van der Waals surface area contributed by atoms with Crippen molar-refractivity contribution in [3.05, 3.63) is 89.1 Å². The summed E-state index contributed by atoms with van der Waals surface area (Å²) in [6.07, 6.45) is 1.85. The average Bonchev–Trinajstić information content (AvgIpc) is 2.97. The SMILES string of the molecule is Cc1ccc(C2=N/C(=C\c3cccc4ccccc34)C(=O)N2)cc1.